The number of anilines is 3. The summed E-state index contributed by atoms with van der Waals surface area (Å²) in [5.74, 6) is -1.72. The van der Waals surface area contributed by atoms with E-state index in [1.165, 1.54) is 36.3 Å². The summed E-state index contributed by atoms with van der Waals surface area (Å²) in [5.41, 5.74) is 7.22. The number of hydrogen-bond donors (Lipinski definition) is 6. The van der Waals surface area contributed by atoms with Gasteiger partial charge in [0.1, 0.15) is 23.8 Å². The molecule has 0 bridgehead atoms. The van der Waals surface area contributed by atoms with Crippen molar-refractivity contribution in [3.05, 3.63) is 95.6 Å². The lowest BCUT2D eigenvalue weighted by Gasteiger charge is -2.39. The molecule has 9 rings (SSSR count). The predicted molar refractivity (Wildman–Crippen MR) is 310 cm³/mol. The molecule has 83 heavy (non-hydrogen) atoms. The van der Waals surface area contributed by atoms with Crippen LogP contribution in [0.15, 0.2) is 78.9 Å². The van der Waals surface area contributed by atoms with E-state index in [0.29, 0.717) is 138 Å². The maximum atomic E-state index is 14.2. The molecule has 0 spiro atoms. The number of carbonyl (C=O) groups is 8. The number of halogens is 1. The van der Waals surface area contributed by atoms with Crippen LogP contribution in [0.3, 0.4) is 0 Å². The van der Waals surface area contributed by atoms with Gasteiger partial charge in [-0.2, -0.15) is 0 Å². The third-order valence-corrected chi connectivity index (χ3v) is 16.9. The fraction of sp³-hybridized carbons (Fsp3) is 0.475. The van der Waals surface area contributed by atoms with Crippen LogP contribution < -0.4 is 41.0 Å². The Morgan fingerprint density at radius 2 is 1.59 bits per heavy atom. The topological polar surface area (TPSA) is 280 Å². The number of rotatable bonds is 26. The van der Waals surface area contributed by atoms with Crippen LogP contribution in [-0.2, 0) is 40.1 Å². The van der Waals surface area contributed by atoms with Crippen LogP contribution >= 0.6 is 11.6 Å². The third-order valence-electron chi connectivity index (χ3n) is 16.5. The number of methoxy groups -OCH3 is 1. The molecule has 7 N–H and O–H groups in total. The average molecular weight is 1160 g/mol. The number of unbranched alkanes of at least 4 members (excludes halogenated alkanes) is 5. The first kappa shape index (κ1) is 59.9. The molecule has 1 aliphatic carbocycles. The Morgan fingerprint density at radius 3 is 2.30 bits per heavy atom. The first-order chi connectivity index (χ1) is 40.2. The Labute approximate surface area is 486 Å². The fourth-order valence-electron chi connectivity index (χ4n) is 11.8. The van der Waals surface area contributed by atoms with Crippen molar-refractivity contribution in [2.45, 2.75) is 127 Å². The van der Waals surface area contributed by atoms with Crippen LogP contribution in [0.4, 0.5) is 21.9 Å². The van der Waals surface area contributed by atoms with Crippen molar-refractivity contribution in [3.8, 4) is 17.2 Å². The Bertz CT molecular complexity index is 3120. The summed E-state index contributed by atoms with van der Waals surface area (Å²) in [6.07, 6.45) is 7.75. The second kappa shape index (κ2) is 27.1. The molecule has 2 fully saturated rings. The van der Waals surface area contributed by atoms with E-state index in [4.69, 9.17) is 31.5 Å². The van der Waals surface area contributed by atoms with Gasteiger partial charge in [-0.15, -0.1) is 11.6 Å². The summed E-state index contributed by atoms with van der Waals surface area (Å²) in [6.45, 7) is 1.75. The SMILES string of the molecule is COc1cc2c(cc1OCCCCCC(=O)N1C[C@@H](CCl)c3c1cc(O)c1ccccc31)N(C(=O)OCc1ccc(NC(=O)[C@H](CCCCN)NC(=O)C3(C(=O)NCCCCCN4C(=O)C=CC4=O)CCC3)cc1)C(O)C1CCCN1C2=O. The summed E-state index contributed by atoms with van der Waals surface area (Å²) < 4.78 is 17.7. The number of fused-ring (bicyclic) bond motifs is 5. The second-order valence-electron chi connectivity index (χ2n) is 21.9. The van der Waals surface area contributed by atoms with E-state index in [1.807, 2.05) is 24.3 Å². The molecular weight excluding hydrogens is 1090 g/mol. The van der Waals surface area contributed by atoms with Gasteiger partial charge < -0.3 is 55.9 Å². The molecule has 442 valence electrons. The second-order valence-corrected chi connectivity index (χ2v) is 22.2. The lowest BCUT2D eigenvalue weighted by Crippen LogP contribution is -2.58. The van der Waals surface area contributed by atoms with E-state index in [2.05, 4.69) is 16.0 Å². The number of amides is 8. The standard InChI is InChI=1S/C61H73ClN8O13/c1-81-49-32-43-46(34-50(49)82-31-11-2-4-18-51(72)69-36-39(35-62)54-42-15-6-5-14-41(42)48(71)33-47(54)69)70(57(77)45-17-12-30-67(45)56(43)76)60(80)83-37-38-19-21-40(22-20-38)65-55(75)44(16-7-8-27-63)66-59(79)61(25-13-26-61)58(78)64-28-9-3-10-29-68-52(73)23-24-53(68)74/h5-6,14-15,19-24,32-34,39,44-45,57,71,77H,2-4,7-13,16-18,25-31,35-37,63H2,1H3,(H,64,78)(H,65,75)(H,66,79)/t39-,44+,45?,57?/m1/s1. The molecule has 4 heterocycles. The van der Waals surface area contributed by atoms with Crippen molar-refractivity contribution in [1.29, 1.82) is 0 Å². The number of ether oxygens (including phenoxy) is 3. The van der Waals surface area contributed by atoms with Crippen LogP contribution in [0, 0.1) is 5.41 Å². The van der Waals surface area contributed by atoms with E-state index in [0.717, 1.165) is 15.8 Å². The summed E-state index contributed by atoms with van der Waals surface area (Å²) >= 11 is 6.39. The number of aromatic hydroxyl groups is 1. The summed E-state index contributed by atoms with van der Waals surface area (Å²) in [7, 11) is 1.44. The highest BCUT2D eigenvalue weighted by Gasteiger charge is 2.51. The molecule has 21 nitrogen and oxygen atoms in total. The van der Waals surface area contributed by atoms with Crippen LogP contribution in [-0.4, -0.2) is 138 Å². The van der Waals surface area contributed by atoms with Crippen LogP contribution in [0.5, 0.6) is 17.2 Å². The molecule has 5 aliphatic rings. The third kappa shape index (κ3) is 13.1. The largest absolute Gasteiger partial charge is 0.507 e. The van der Waals surface area contributed by atoms with Crippen LogP contribution in [0.25, 0.3) is 10.8 Å². The number of phenolic OH excluding ortho intramolecular Hbond substituents is 1. The number of aliphatic hydroxyl groups excluding tert-OH is 1. The number of benzene rings is 4. The molecular formula is C61H73ClN8O13. The maximum absolute atomic E-state index is 14.2. The van der Waals surface area contributed by atoms with Gasteiger partial charge in [-0.3, -0.25) is 38.5 Å². The normalized spacial score (nSPS) is 18.9. The van der Waals surface area contributed by atoms with Gasteiger partial charge in [0.05, 0.1) is 36.7 Å². The van der Waals surface area contributed by atoms with E-state index in [9.17, 15) is 48.6 Å². The number of phenols is 1. The Balaban J connectivity index is 0.786. The minimum atomic E-state index is -1.47. The van der Waals surface area contributed by atoms with Crippen molar-refractivity contribution in [3.63, 3.8) is 0 Å². The maximum Gasteiger partial charge on any atom is 0.416 e. The molecule has 8 amide bonds. The number of carbonyl (C=O) groups excluding carboxylic acids is 8. The van der Waals surface area contributed by atoms with Gasteiger partial charge >= 0.3 is 6.09 Å². The van der Waals surface area contributed by atoms with E-state index in [-0.39, 0.29) is 90.6 Å². The highest BCUT2D eigenvalue weighted by molar-refractivity contribution is 6.19. The monoisotopic (exact) mass is 1160 g/mol. The van der Waals surface area contributed by atoms with Crippen LogP contribution in [0.2, 0.25) is 0 Å². The zero-order chi connectivity index (χ0) is 58.8. The lowest BCUT2D eigenvalue weighted by atomic mass is 9.67. The van der Waals surface area contributed by atoms with Crippen molar-refractivity contribution in [2.24, 2.45) is 11.1 Å². The van der Waals surface area contributed by atoms with Crippen molar-refractivity contribution < 1.29 is 62.8 Å². The predicted octanol–water partition coefficient (Wildman–Crippen LogP) is 6.88. The average Bonchev–Trinajstić information content (AvgIpc) is 2.78. The molecule has 1 saturated carbocycles. The van der Waals surface area contributed by atoms with Crippen molar-refractivity contribution >= 4 is 86.9 Å². The van der Waals surface area contributed by atoms with Gasteiger partial charge in [0.15, 0.2) is 17.7 Å². The van der Waals surface area contributed by atoms with Gasteiger partial charge in [0.25, 0.3) is 17.7 Å². The van der Waals surface area contributed by atoms with E-state index in [1.54, 1.807) is 40.1 Å². The lowest BCUT2D eigenvalue weighted by molar-refractivity contribution is -0.151. The van der Waals surface area contributed by atoms with Crippen LogP contribution in [0.1, 0.15) is 124 Å². The summed E-state index contributed by atoms with van der Waals surface area (Å²) in [4.78, 5) is 112. The fourth-order valence-corrected chi connectivity index (χ4v) is 12.0. The van der Waals surface area contributed by atoms with Gasteiger partial charge in [0, 0.05) is 79.8 Å². The summed E-state index contributed by atoms with van der Waals surface area (Å²) in [6, 6.07) is 17.1. The smallest absolute Gasteiger partial charge is 0.416 e. The minimum absolute atomic E-state index is 0.0695. The molecule has 1 saturated heterocycles. The molecule has 4 aliphatic heterocycles. The molecule has 4 aromatic carbocycles. The zero-order valence-electron chi connectivity index (χ0n) is 46.7. The minimum Gasteiger partial charge on any atom is -0.507 e. The van der Waals surface area contributed by atoms with E-state index >= 15 is 0 Å². The van der Waals surface area contributed by atoms with Gasteiger partial charge in [0.2, 0.25) is 23.6 Å². The number of nitrogens with zero attached hydrogens (tertiary/aromatic N) is 4. The Morgan fingerprint density at radius 1 is 0.843 bits per heavy atom. The quantitative estimate of drug-likeness (QED) is 0.0162. The van der Waals surface area contributed by atoms with Crippen molar-refractivity contribution in [1.82, 2.24) is 20.4 Å². The van der Waals surface area contributed by atoms with Crippen molar-refractivity contribution in [2.75, 3.05) is 67.4 Å². The first-order valence-electron chi connectivity index (χ1n) is 28.8. The molecule has 4 aromatic rings. The first-order valence-corrected chi connectivity index (χ1v) is 29.3. The number of nitrogens with two attached hydrogens (primary N) is 1. The molecule has 0 radical (unpaired) electrons. The highest BCUT2D eigenvalue weighted by Crippen LogP contribution is 2.46. The number of aliphatic hydroxyl groups is 1. The molecule has 2 unspecified atom stereocenters. The number of nitrogens with one attached hydrogen (secondary N) is 3. The van der Waals surface area contributed by atoms with Gasteiger partial charge in [-0.05, 0) is 125 Å². The van der Waals surface area contributed by atoms with E-state index < -0.39 is 47.5 Å². The molecule has 4 atom stereocenters. The van der Waals surface area contributed by atoms with Gasteiger partial charge in [-0.25, -0.2) is 9.69 Å². The summed E-state index contributed by atoms with van der Waals surface area (Å²) in [5, 5.41) is 32.9. The highest BCUT2D eigenvalue weighted by atomic mass is 35.5. The zero-order valence-corrected chi connectivity index (χ0v) is 47.5. The number of imide groups is 1. The Hall–Kier alpha value is -7.75. The molecule has 22 heteroatoms. The Kier molecular flexibility index (Phi) is 19.5. The van der Waals surface area contributed by atoms with Gasteiger partial charge in [-0.1, -0.05) is 42.8 Å². The number of alkyl halides is 1. The molecule has 0 aromatic heterocycles. The number of hydrogen-bond acceptors (Lipinski definition) is 14.